The minimum Gasteiger partial charge on any atom is -0.293 e. The topological polar surface area (TPSA) is 17.1 Å². The van der Waals surface area contributed by atoms with E-state index >= 15 is 0 Å². The number of hydrogen-bond acceptors (Lipinski definition) is 2. The Morgan fingerprint density at radius 3 is 2.82 bits per heavy atom. The van der Waals surface area contributed by atoms with Gasteiger partial charge in [-0.25, -0.2) is 0 Å². The van der Waals surface area contributed by atoms with Crippen LogP contribution < -0.4 is 0 Å². The maximum Gasteiger partial charge on any atom is 0.175 e. The van der Waals surface area contributed by atoms with Gasteiger partial charge in [0, 0.05) is 10.4 Å². The van der Waals surface area contributed by atoms with E-state index in [1.807, 2.05) is 6.07 Å². The zero-order valence-corrected chi connectivity index (χ0v) is 13.8. The standard InChI is InChI=1S/C13H16Br2OS/c1-2-8-4-3-5-9(6-8)12(16)11-7-10(14)13(15)17-11/h7-9H,2-6H2,1H3. The van der Waals surface area contributed by atoms with Crippen LogP contribution in [0.5, 0.6) is 0 Å². The number of halogens is 2. The molecule has 94 valence electrons. The second-order valence-electron chi connectivity index (χ2n) is 4.73. The summed E-state index contributed by atoms with van der Waals surface area (Å²) in [5.41, 5.74) is 0. The Morgan fingerprint density at radius 2 is 2.24 bits per heavy atom. The van der Waals surface area contributed by atoms with Crippen molar-refractivity contribution in [2.75, 3.05) is 0 Å². The van der Waals surface area contributed by atoms with Gasteiger partial charge in [-0.1, -0.05) is 26.2 Å². The molecule has 1 fully saturated rings. The number of thiophene rings is 1. The van der Waals surface area contributed by atoms with Crippen LogP contribution in [0.25, 0.3) is 0 Å². The molecule has 4 heteroatoms. The Labute approximate surface area is 123 Å². The van der Waals surface area contributed by atoms with E-state index in [9.17, 15) is 4.79 Å². The highest BCUT2D eigenvalue weighted by atomic mass is 79.9. The predicted molar refractivity (Wildman–Crippen MR) is 79.8 cm³/mol. The van der Waals surface area contributed by atoms with Gasteiger partial charge in [0.05, 0.1) is 8.66 Å². The van der Waals surface area contributed by atoms with Crippen LogP contribution in [0.2, 0.25) is 0 Å². The summed E-state index contributed by atoms with van der Waals surface area (Å²) in [6.07, 6.45) is 5.88. The Bertz CT molecular complexity index is 394. The summed E-state index contributed by atoms with van der Waals surface area (Å²) in [6.45, 7) is 2.23. The Kier molecular flexibility index (Phi) is 4.84. The molecule has 2 rings (SSSR count). The van der Waals surface area contributed by atoms with E-state index in [4.69, 9.17) is 0 Å². The zero-order chi connectivity index (χ0) is 12.4. The van der Waals surface area contributed by atoms with Gasteiger partial charge in [-0.2, -0.15) is 0 Å². The molecular weight excluding hydrogens is 364 g/mol. The minimum absolute atomic E-state index is 0.256. The van der Waals surface area contributed by atoms with Crippen molar-refractivity contribution < 1.29 is 4.79 Å². The van der Waals surface area contributed by atoms with Crippen molar-refractivity contribution in [2.45, 2.75) is 39.0 Å². The van der Waals surface area contributed by atoms with Gasteiger partial charge in [0.25, 0.3) is 0 Å². The van der Waals surface area contributed by atoms with Crippen molar-refractivity contribution in [1.82, 2.24) is 0 Å². The average Bonchev–Trinajstić information content (AvgIpc) is 2.69. The molecule has 0 amide bonds. The summed E-state index contributed by atoms with van der Waals surface area (Å²) in [5.74, 6) is 1.36. The fraction of sp³-hybridized carbons (Fsp3) is 0.615. The van der Waals surface area contributed by atoms with Gasteiger partial charge in [-0.05, 0) is 56.7 Å². The number of hydrogen-bond donors (Lipinski definition) is 0. The first-order valence-electron chi connectivity index (χ1n) is 6.10. The van der Waals surface area contributed by atoms with E-state index in [0.717, 1.165) is 31.9 Å². The number of rotatable bonds is 3. The van der Waals surface area contributed by atoms with Crippen LogP contribution in [0.3, 0.4) is 0 Å². The highest BCUT2D eigenvalue weighted by Crippen LogP contribution is 2.37. The fourth-order valence-corrected chi connectivity index (χ4v) is 4.62. The molecule has 0 saturated heterocycles. The summed E-state index contributed by atoms with van der Waals surface area (Å²) in [4.78, 5) is 13.3. The van der Waals surface area contributed by atoms with Crippen LogP contribution in [-0.4, -0.2) is 5.78 Å². The molecule has 0 aromatic carbocycles. The van der Waals surface area contributed by atoms with E-state index in [1.54, 1.807) is 11.3 Å². The highest BCUT2D eigenvalue weighted by molar-refractivity contribution is 9.13. The molecule has 1 saturated carbocycles. The summed E-state index contributed by atoms with van der Waals surface area (Å²) >= 11 is 8.44. The molecule has 2 unspecified atom stereocenters. The van der Waals surface area contributed by atoms with Crippen molar-refractivity contribution in [2.24, 2.45) is 11.8 Å². The second kappa shape index (κ2) is 5.98. The van der Waals surface area contributed by atoms with Crippen LogP contribution in [0.15, 0.2) is 14.3 Å². The lowest BCUT2D eigenvalue weighted by Gasteiger charge is -2.27. The lowest BCUT2D eigenvalue weighted by atomic mass is 9.78. The monoisotopic (exact) mass is 378 g/mol. The van der Waals surface area contributed by atoms with Crippen molar-refractivity contribution in [3.8, 4) is 0 Å². The molecule has 1 nitrogen and oxygen atoms in total. The van der Waals surface area contributed by atoms with Gasteiger partial charge in [-0.15, -0.1) is 11.3 Å². The summed E-state index contributed by atoms with van der Waals surface area (Å²) in [5, 5.41) is 0. The summed E-state index contributed by atoms with van der Waals surface area (Å²) in [7, 11) is 0. The molecule has 0 radical (unpaired) electrons. The maximum atomic E-state index is 12.4. The smallest absolute Gasteiger partial charge is 0.175 e. The molecule has 1 heterocycles. The Hall–Kier alpha value is 0.330. The van der Waals surface area contributed by atoms with Gasteiger partial charge >= 0.3 is 0 Å². The molecular formula is C13H16Br2OS. The Balaban J connectivity index is 2.09. The quantitative estimate of drug-likeness (QED) is 0.618. The molecule has 0 N–H and O–H groups in total. The van der Waals surface area contributed by atoms with Crippen LogP contribution in [0, 0.1) is 11.8 Å². The molecule has 0 bridgehead atoms. The SMILES string of the molecule is CCC1CCCC(C(=O)c2cc(Br)c(Br)s2)C1. The number of carbonyl (C=O) groups is 1. The van der Waals surface area contributed by atoms with Gasteiger partial charge in [0.1, 0.15) is 0 Å². The third kappa shape index (κ3) is 3.21. The van der Waals surface area contributed by atoms with Gasteiger partial charge < -0.3 is 0 Å². The van der Waals surface area contributed by atoms with Crippen LogP contribution in [0.4, 0.5) is 0 Å². The highest BCUT2D eigenvalue weighted by Gasteiger charge is 2.28. The fourth-order valence-electron chi connectivity index (χ4n) is 2.57. The van der Waals surface area contributed by atoms with Crippen molar-refractivity contribution in [1.29, 1.82) is 0 Å². The van der Waals surface area contributed by atoms with E-state index in [2.05, 4.69) is 38.8 Å². The van der Waals surface area contributed by atoms with Crippen LogP contribution in [0.1, 0.15) is 48.7 Å². The third-order valence-corrected chi connectivity index (χ3v) is 6.89. The van der Waals surface area contributed by atoms with Crippen molar-refractivity contribution in [3.63, 3.8) is 0 Å². The van der Waals surface area contributed by atoms with Gasteiger partial charge in [-0.3, -0.25) is 4.79 Å². The van der Waals surface area contributed by atoms with Gasteiger partial charge in [0.2, 0.25) is 0 Å². The first kappa shape index (κ1) is 13.8. The zero-order valence-electron chi connectivity index (χ0n) is 9.84. The normalized spacial score (nSPS) is 24.9. The van der Waals surface area contributed by atoms with E-state index in [0.29, 0.717) is 5.78 Å². The molecule has 1 aromatic rings. The molecule has 2 atom stereocenters. The molecule has 0 spiro atoms. The molecule has 17 heavy (non-hydrogen) atoms. The van der Waals surface area contributed by atoms with E-state index in [-0.39, 0.29) is 5.92 Å². The second-order valence-corrected chi connectivity index (χ2v) is 7.96. The largest absolute Gasteiger partial charge is 0.293 e. The maximum absolute atomic E-state index is 12.4. The van der Waals surface area contributed by atoms with Gasteiger partial charge in [0.15, 0.2) is 5.78 Å². The number of carbonyl (C=O) groups excluding carboxylic acids is 1. The van der Waals surface area contributed by atoms with E-state index < -0.39 is 0 Å². The van der Waals surface area contributed by atoms with Crippen LogP contribution in [-0.2, 0) is 0 Å². The molecule has 1 aromatic heterocycles. The third-order valence-electron chi connectivity index (χ3n) is 3.62. The predicted octanol–water partition coefficient (Wildman–Crippen LogP) is 5.67. The lowest BCUT2D eigenvalue weighted by molar-refractivity contribution is 0.0866. The van der Waals surface area contributed by atoms with E-state index in [1.165, 1.54) is 19.3 Å². The average molecular weight is 380 g/mol. The first-order chi connectivity index (χ1) is 8.11. The molecule has 1 aliphatic rings. The lowest BCUT2D eigenvalue weighted by Crippen LogP contribution is -2.22. The summed E-state index contributed by atoms with van der Waals surface area (Å²) < 4.78 is 2.01. The van der Waals surface area contributed by atoms with Crippen molar-refractivity contribution in [3.05, 3.63) is 19.2 Å². The van der Waals surface area contributed by atoms with Crippen LogP contribution >= 0.6 is 43.2 Å². The first-order valence-corrected chi connectivity index (χ1v) is 8.51. The summed E-state index contributed by atoms with van der Waals surface area (Å²) in [6, 6.07) is 1.95. The Morgan fingerprint density at radius 1 is 1.47 bits per heavy atom. The molecule has 1 aliphatic carbocycles. The number of ketones is 1. The minimum atomic E-state index is 0.256. The van der Waals surface area contributed by atoms with Crippen molar-refractivity contribution >= 4 is 49.0 Å². The number of Topliss-reactive ketones (excluding diaryl/α,β-unsaturated/α-hetero) is 1. The molecule has 0 aliphatic heterocycles.